The molecule has 2 aliphatic rings. The van der Waals surface area contributed by atoms with E-state index in [-0.39, 0.29) is 0 Å². The average Bonchev–Trinajstić information content (AvgIpc) is 2.29. The summed E-state index contributed by atoms with van der Waals surface area (Å²) >= 11 is 2.13. The molecule has 0 radical (unpaired) electrons. The Kier molecular flexibility index (Phi) is 4.20. The summed E-state index contributed by atoms with van der Waals surface area (Å²) in [4.78, 5) is 2.80. The molecule has 0 aromatic carbocycles. The smallest absolute Gasteiger partial charge is 0.0253 e. The number of rotatable bonds is 2. The summed E-state index contributed by atoms with van der Waals surface area (Å²) in [5.41, 5.74) is 0.302. The molecule has 16 heavy (non-hydrogen) atoms. The molecule has 2 rings (SSSR count). The lowest BCUT2D eigenvalue weighted by molar-refractivity contribution is 0.0482. The van der Waals surface area contributed by atoms with Crippen molar-refractivity contribution < 1.29 is 0 Å². The van der Waals surface area contributed by atoms with Gasteiger partial charge >= 0.3 is 0 Å². The van der Waals surface area contributed by atoms with Crippen molar-refractivity contribution in [1.82, 2.24) is 10.2 Å². The number of thioether (sulfide) groups is 1. The van der Waals surface area contributed by atoms with Gasteiger partial charge in [-0.2, -0.15) is 11.8 Å². The fourth-order valence-corrected chi connectivity index (χ4v) is 4.06. The zero-order chi connectivity index (χ0) is 11.6. The predicted molar refractivity (Wildman–Crippen MR) is 73.2 cm³/mol. The van der Waals surface area contributed by atoms with Gasteiger partial charge in [0.05, 0.1) is 0 Å². The Morgan fingerprint density at radius 1 is 1.31 bits per heavy atom. The Morgan fingerprint density at radius 3 is 2.62 bits per heavy atom. The highest BCUT2D eigenvalue weighted by molar-refractivity contribution is 7.99. The van der Waals surface area contributed by atoms with Gasteiger partial charge in [-0.3, -0.25) is 4.90 Å². The molecule has 2 saturated heterocycles. The predicted octanol–water partition coefficient (Wildman–Crippen LogP) is 2.34. The van der Waals surface area contributed by atoms with Crippen LogP contribution in [0.15, 0.2) is 0 Å². The lowest BCUT2D eigenvalue weighted by Gasteiger charge is -2.49. The summed E-state index contributed by atoms with van der Waals surface area (Å²) in [5, 5.41) is 3.68. The molecule has 3 heteroatoms. The maximum absolute atomic E-state index is 3.68. The van der Waals surface area contributed by atoms with Gasteiger partial charge in [0, 0.05) is 30.7 Å². The van der Waals surface area contributed by atoms with Crippen LogP contribution in [0.3, 0.4) is 0 Å². The van der Waals surface area contributed by atoms with Crippen LogP contribution < -0.4 is 5.32 Å². The second kappa shape index (κ2) is 5.28. The summed E-state index contributed by atoms with van der Waals surface area (Å²) in [7, 11) is 0. The number of piperazine rings is 1. The van der Waals surface area contributed by atoms with Gasteiger partial charge in [-0.1, -0.05) is 6.92 Å². The normalized spacial score (nSPS) is 32.8. The van der Waals surface area contributed by atoms with Crippen LogP contribution in [0.25, 0.3) is 0 Å². The second-order valence-corrected chi connectivity index (χ2v) is 7.07. The van der Waals surface area contributed by atoms with Crippen molar-refractivity contribution in [2.24, 2.45) is 0 Å². The fraction of sp³-hybridized carbons (Fsp3) is 1.00. The molecule has 0 bridgehead atoms. The molecule has 2 heterocycles. The van der Waals surface area contributed by atoms with E-state index in [4.69, 9.17) is 0 Å². The Hall–Kier alpha value is 0.270. The van der Waals surface area contributed by atoms with Gasteiger partial charge in [0.1, 0.15) is 0 Å². The van der Waals surface area contributed by atoms with Gasteiger partial charge in [0.2, 0.25) is 0 Å². The van der Waals surface area contributed by atoms with Gasteiger partial charge in [-0.15, -0.1) is 0 Å². The molecule has 2 nitrogen and oxygen atoms in total. The molecule has 2 fully saturated rings. The number of nitrogens with zero attached hydrogens (tertiary/aromatic N) is 1. The monoisotopic (exact) mass is 242 g/mol. The minimum atomic E-state index is 0.302. The summed E-state index contributed by atoms with van der Waals surface area (Å²) < 4.78 is 0. The fourth-order valence-electron chi connectivity index (χ4n) is 2.98. The molecule has 0 aromatic rings. The number of nitrogens with one attached hydrogen (secondary N) is 1. The van der Waals surface area contributed by atoms with Crippen molar-refractivity contribution in [1.29, 1.82) is 0 Å². The largest absolute Gasteiger partial charge is 0.309 e. The number of hydrogen-bond acceptors (Lipinski definition) is 3. The third-order valence-electron chi connectivity index (χ3n) is 3.99. The lowest BCUT2D eigenvalue weighted by Crippen LogP contribution is -2.64. The molecule has 1 atom stereocenters. The maximum atomic E-state index is 3.68. The second-order valence-electron chi connectivity index (χ2n) is 5.84. The zero-order valence-corrected chi connectivity index (χ0v) is 11.8. The van der Waals surface area contributed by atoms with Crippen LogP contribution in [0, 0.1) is 0 Å². The van der Waals surface area contributed by atoms with Crippen LogP contribution in [-0.2, 0) is 0 Å². The van der Waals surface area contributed by atoms with Crippen molar-refractivity contribution in [3.8, 4) is 0 Å². The SMILES string of the molecule is CCC1CNC(C)(C)CN1C1CCSCC1. The summed E-state index contributed by atoms with van der Waals surface area (Å²) in [6, 6.07) is 1.62. The Labute approximate surface area is 105 Å². The van der Waals surface area contributed by atoms with E-state index in [2.05, 4.69) is 42.7 Å². The Balaban J connectivity index is 2.01. The zero-order valence-electron chi connectivity index (χ0n) is 11.0. The third kappa shape index (κ3) is 2.93. The molecule has 1 unspecified atom stereocenters. The lowest BCUT2D eigenvalue weighted by atomic mass is 9.94. The first-order chi connectivity index (χ1) is 7.62. The first kappa shape index (κ1) is 12.7. The van der Waals surface area contributed by atoms with Crippen LogP contribution in [0.2, 0.25) is 0 Å². The van der Waals surface area contributed by atoms with E-state index < -0.39 is 0 Å². The standard InChI is InChI=1S/C13H26N2S/c1-4-11-9-14-13(2,3)10-15(11)12-5-7-16-8-6-12/h11-12,14H,4-10H2,1-3H3. The molecule has 1 N–H and O–H groups in total. The van der Waals surface area contributed by atoms with Gasteiger partial charge in [0.15, 0.2) is 0 Å². The van der Waals surface area contributed by atoms with Crippen LogP contribution >= 0.6 is 11.8 Å². The van der Waals surface area contributed by atoms with E-state index in [1.54, 1.807) is 0 Å². The van der Waals surface area contributed by atoms with Gasteiger partial charge in [0.25, 0.3) is 0 Å². The van der Waals surface area contributed by atoms with Crippen LogP contribution in [0.4, 0.5) is 0 Å². The van der Waals surface area contributed by atoms with E-state index in [0.29, 0.717) is 5.54 Å². The molecule has 0 spiro atoms. The van der Waals surface area contributed by atoms with Gasteiger partial charge in [-0.25, -0.2) is 0 Å². The third-order valence-corrected chi connectivity index (χ3v) is 5.04. The molecule has 0 aliphatic carbocycles. The molecule has 0 aromatic heterocycles. The summed E-state index contributed by atoms with van der Waals surface area (Å²) in [5.74, 6) is 2.73. The van der Waals surface area contributed by atoms with E-state index in [9.17, 15) is 0 Å². The van der Waals surface area contributed by atoms with E-state index >= 15 is 0 Å². The molecule has 94 valence electrons. The Bertz CT molecular complexity index is 224. The average molecular weight is 242 g/mol. The summed E-state index contributed by atoms with van der Waals surface area (Å²) in [6.07, 6.45) is 4.08. The highest BCUT2D eigenvalue weighted by Crippen LogP contribution is 2.27. The Morgan fingerprint density at radius 2 is 2.00 bits per heavy atom. The highest BCUT2D eigenvalue weighted by atomic mass is 32.2. The highest BCUT2D eigenvalue weighted by Gasteiger charge is 2.35. The number of hydrogen-bond donors (Lipinski definition) is 1. The molecule has 0 saturated carbocycles. The molecular weight excluding hydrogens is 216 g/mol. The maximum Gasteiger partial charge on any atom is 0.0253 e. The first-order valence-electron chi connectivity index (χ1n) is 6.71. The van der Waals surface area contributed by atoms with Crippen LogP contribution in [0.1, 0.15) is 40.0 Å². The topological polar surface area (TPSA) is 15.3 Å². The van der Waals surface area contributed by atoms with Crippen LogP contribution in [0.5, 0.6) is 0 Å². The quantitative estimate of drug-likeness (QED) is 0.800. The molecule has 2 aliphatic heterocycles. The van der Waals surface area contributed by atoms with Crippen molar-refractivity contribution in [2.75, 3.05) is 24.6 Å². The van der Waals surface area contributed by atoms with E-state index in [1.165, 1.54) is 43.9 Å². The van der Waals surface area contributed by atoms with Crippen molar-refractivity contribution >= 4 is 11.8 Å². The minimum Gasteiger partial charge on any atom is -0.309 e. The minimum absolute atomic E-state index is 0.302. The molecular formula is C13H26N2S. The van der Waals surface area contributed by atoms with E-state index in [0.717, 1.165) is 12.1 Å². The van der Waals surface area contributed by atoms with Crippen molar-refractivity contribution in [3.63, 3.8) is 0 Å². The van der Waals surface area contributed by atoms with Crippen molar-refractivity contribution in [2.45, 2.75) is 57.7 Å². The molecule has 0 amide bonds. The van der Waals surface area contributed by atoms with Gasteiger partial charge < -0.3 is 5.32 Å². The van der Waals surface area contributed by atoms with E-state index in [1.807, 2.05) is 0 Å². The van der Waals surface area contributed by atoms with Crippen LogP contribution in [-0.4, -0.2) is 47.1 Å². The van der Waals surface area contributed by atoms with Crippen molar-refractivity contribution in [3.05, 3.63) is 0 Å². The van der Waals surface area contributed by atoms with Gasteiger partial charge in [-0.05, 0) is 44.6 Å². The first-order valence-corrected chi connectivity index (χ1v) is 7.86. The summed E-state index contributed by atoms with van der Waals surface area (Å²) in [6.45, 7) is 9.40.